The van der Waals surface area contributed by atoms with E-state index in [0.29, 0.717) is 6.04 Å². The molecule has 2 heterocycles. The summed E-state index contributed by atoms with van der Waals surface area (Å²) in [6.45, 7) is 5.91. The van der Waals surface area contributed by atoms with Gasteiger partial charge in [0.25, 0.3) is 0 Å². The van der Waals surface area contributed by atoms with Crippen LogP contribution in [0.25, 0.3) is 0 Å². The first-order valence-electron chi connectivity index (χ1n) is 7.04. The quantitative estimate of drug-likeness (QED) is 0.702. The largest absolute Gasteiger partial charge is 0.354 e. The van der Waals surface area contributed by atoms with Crippen LogP contribution in [0.15, 0.2) is 0 Å². The Hall–Kier alpha value is -0.650. The van der Waals surface area contributed by atoms with E-state index in [9.17, 15) is 4.79 Å². The van der Waals surface area contributed by atoms with Gasteiger partial charge in [-0.25, -0.2) is 0 Å². The summed E-state index contributed by atoms with van der Waals surface area (Å²) < 4.78 is 0. The molecule has 0 spiro atoms. The zero-order valence-electron chi connectivity index (χ0n) is 11.6. The van der Waals surface area contributed by atoms with Crippen molar-refractivity contribution in [3.8, 4) is 0 Å². The highest BCUT2D eigenvalue weighted by Gasteiger charge is 2.25. The van der Waals surface area contributed by atoms with Gasteiger partial charge in [-0.15, -0.1) is 0 Å². The van der Waals surface area contributed by atoms with Crippen molar-refractivity contribution in [1.82, 2.24) is 20.4 Å². The highest BCUT2D eigenvalue weighted by Crippen LogP contribution is 2.10. The van der Waals surface area contributed by atoms with E-state index in [4.69, 9.17) is 0 Å². The lowest BCUT2D eigenvalue weighted by Crippen LogP contribution is -2.55. The van der Waals surface area contributed by atoms with Crippen LogP contribution in [0.4, 0.5) is 0 Å². The van der Waals surface area contributed by atoms with Crippen LogP contribution in [0.3, 0.4) is 0 Å². The van der Waals surface area contributed by atoms with Crippen LogP contribution >= 0.6 is 0 Å². The van der Waals surface area contributed by atoms with Crippen molar-refractivity contribution >= 4 is 5.91 Å². The molecule has 5 heteroatoms. The third-order valence-corrected chi connectivity index (χ3v) is 4.16. The second-order valence-corrected chi connectivity index (χ2v) is 5.69. The molecule has 0 saturated carbocycles. The van der Waals surface area contributed by atoms with E-state index in [2.05, 4.69) is 34.5 Å². The van der Waals surface area contributed by atoms with Gasteiger partial charge in [0.1, 0.15) is 0 Å². The summed E-state index contributed by atoms with van der Waals surface area (Å²) in [5, 5.41) is 6.42. The number of hydrogen-bond acceptors (Lipinski definition) is 4. The van der Waals surface area contributed by atoms with Crippen LogP contribution in [0.5, 0.6) is 0 Å². The molecule has 0 aliphatic carbocycles. The smallest absolute Gasteiger partial charge is 0.224 e. The van der Waals surface area contributed by atoms with Crippen molar-refractivity contribution in [2.45, 2.75) is 18.9 Å². The number of piperidine rings is 1. The molecule has 2 fully saturated rings. The molecular weight excluding hydrogens is 228 g/mol. The molecule has 2 rings (SSSR count). The van der Waals surface area contributed by atoms with Gasteiger partial charge in [0.15, 0.2) is 0 Å². The number of nitrogens with one attached hydrogen (secondary N) is 2. The lowest BCUT2D eigenvalue weighted by Gasteiger charge is -2.38. The lowest BCUT2D eigenvalue weighted by atomic mass is 9.99. The molecule has 2 aliphatic rings. The van der Waals surface area contributed by atoms with Crippen LogP contribution in [-0.2, 0) is 4.79 Å². The first-order valence-corrected chi connectivity index (χ1v) is 7.04. The van der Waals surface area contributed by atoms with E-state index in [1.807, 2.05) is 0 Å². The van der Waals surface area contributed by atoms with Gasteiger partial charge in [0, 0.05) is 38.8 Å². The summed E-state index contributed by atoms with van der Waals surface area (Å²) in [5.41, 5.74) is 0. The van der Waals surface area contributed by atoms with Gasteiger partial charge in [-0.3, -0.25) is 9.69 Å². The second kappa shape index (κ2) is 6.50. The average Bonchev–Trinajstić information content (AvgIpc) is 2.40. The Morgan fingerprint density at radius 1 is 1.39 bits per heavy atom. The molecule has 2 saturated heterocycles. The molecule has 1 amide bonds. The number of carbonyl (C=O) groups excluding carboxylic acids is 1. The molecule has 5 nitrogen and oxygen atoms in total. The van der Waals surface area contributed by atoms with Gasteiger partial charge in [-0.1, -0.05) is 0 Å². The van der Waals surface area contributed by atoms with Crippen molar-refractivity contribution in [2.75, 3.05) is 53.4 Å². The Kier molecular flexibility index (Phi) is 4.97. The van der Waals surface area contributed by atoms with Crippen LogP contribution in [-0.4, -0.2) is 75.1 Å². The monoisotopic (exact) mass is 254 g/mol. The first-order chi connectivity index (χ1) is 8.66. The van der Waals surface area contributed by atoms with E-state index < -0.39 is 0 Å². The average molecular weight is 254 g/mol. The van der Waals surface area contributed by atoms with Gasteiger partial charge in [-0.2, -0.15) is 0 Å². The number of nitrogens with zero attached hydrogens (tertiary/aromatic N) is 2. The van der Waals surface area contributed by atoms with Crippen LogP contribution in [0.1, 0.15) is 12.8 Å². The molecule has 0 aromatic rings. The number of carbonyl (C=O) groups is 1. The zero-order valence-corrected chi connectivity index (χ0v) is 11.6. The maximum atomic E-state index is 12.0. The number of piperazine rings is 1. The maximum absolute atomic E-state index is 12.0. The van der Waals surface area contributed by atoms with E-state index in [0.717, 1.165) is 52.1 Å². The van der Waals surface area contributed by atoms with Gasteiger partial charge in [0.2, 0.25) is 5.91 Å². The Morgan fingerprint density at radius 3 is 2.94 bits per heavy atom. The Balaban J connectivity index is 1.74. The highest BCUT2D eigenvalue weighted by atomic mass is 16.1. The van der Waals surface area contributed by atoms with Crippen molar-refractivity contribution in [3.05, 3.63) is 0 Å². The normalized spacial score (nSPS) is 31.2. The topological polar surface area (TPSA) is 47.6 Å². The third kappa shape index (κ3) is 3.67. The van der Waals surface area contributed by atoms with E-state index >= 15 is 0 Å². The molecule has 104 valence electrons. The van der Waals surface area contributed by atoms with Crippen LogP contribution in [0.2, 0.25) is 0 Å². The summed E-state index contributed by atoms with van der Waals surface area (Å²) in [7, 11) is 4.29. The second-order valence-electron chi connectivity index (χ2n) is 5.69. The predicted molar refractivity (Wildman–Crippen MR) is 72.5 cm³/mol. The molecule has 0 radical (unpaired) electrons. The molecule has 2 N–H and O–H groups in total. The van der Waals surface area contributed by atoms with Crippen molar-refractivity contribution < 1.29 is 4.79 Å². The fourth-order valence-corrected chi connectivity index (χ4v) is 2.76. The van der Waals surface area contributed by atoms with E-state index in [1.54, 1.807) is 0 Å². The van der Waals surface area contributed by atoms with Gasteiger partial charge < -0.3 is 15.5 Å². The van der Waals surface area contributed by atoms with Crippen LogP contribution in [0, 0.1) is 5.92 Å². The maximum Gasteiger partial charge on any atom is 0.224 e. The molecule has 0 bridgehead atoms. The summed E-state index contributed by atoms with van der Waals surface area (Å²) in [5.74, 6) is 0.397. The van der Waals surface area contributed by atoms with Crippen molar-refractivity contribution in [2.24, 2.45) is 5.92 Å². The summed E-state index contributed by atoms with van der Waals surface area (Å²) in [6, 6.07) is 0.448. The predicted octanol–water partition coefficient (Wildman–Crippen LogP) is -0.652. The minimum absolute atomic E-state index is 0.172. The number of likely N-dealkylation sites (N-methyl/N-ethyl adjacent to an activating group) is 2. The molecule has 0 aromatic carbocycles. The van der Waals surface area contributed by atoms with E-state index in [1.165, 1.54) is 0 Å². The first kappa shape index (κ1) is 13.8. The number of amides is 1. The fraction of sp³-hybridized carbons (Fsp3) is 0.923. The van der Waals surface area contributed by atoms with E-state index in [-0.39, 0.29) is 11.8 Å². The highest BCUT2D eigenvalue weighted by molar-refractivity contribution is 5.79. The lowest BCUT2D eigenvalue weighted by molar-refractivity contribution is -0.125. The van der Waals surface area contributed by atoms with Crippen LogP contribution < -0.4 is 10.6 Å². The standard InChI is InChI=1S/C13H26N4O/c1-16-6-7-17(2)12(10-16)9-15-13(18)11-4-3-5-14-8-11/h11-12,14H,3-10H2,1-2H3,(H,15,18)/t11-,12?/m1/s1. The Labute approximate surface area is 110 Å². The minimum Gasteiger partial charge on any atom is -0.354 e. The SMILES string of the molecule is CN1CCN(C)C(CNC(=O)[C@@H]2CCCNC2)C1. The minimum atomic E-state index is 0.172. The molecular formula is C13H26N4O. The molecule has 18 heavy (non-hydrogen) atoms. The zero-order chi connectivity index (χ0) is 13.0. The molecule has 2 atom stereocenters. The molecule has 2 aliphatic heterocycles. The fourth-order valence-electron chi connectivity index (χ4n) is 2.76. The summed E-state index contributed by atoms with van der Waals surface area (Å²) in [4.78, 5) is 16.7. The summed E-state index contributed by atoms with van der Waals surface area (Å²) in [6.07, 6.45) is 2.14. The van der Waals surface area contributed by atoms with Crippen molar-refractivity contribution in [1.29, 1.82) is 0 Å². The van der Waals surface area contributed by atoms with Gasteiger partial charge in [0.05, 0.1) is 5.92 Å². The third-order valence-electron chi connectivity index (χ3n) is 4.16. The Bertz CT molecular complexity index is 278. The van der Waals surface area contributed by atoms with Gasteiger partial charge >= 0.3 is 0 Å². The Morgan fingerprint density at radius 2 is 2.22 bits per heavy atom. The van der Waals surface area contributed by atoms with Crippen molar-refractivity contribution in [3.63, 3.8) is 0 Å². The van der Waals surface area contributed by atoms with Gasteiger partial charge in [-0.05, 0) is 33.5 Å². The molecule has 1 unspecified atom stereocenters. The number of hydrogen-bond donors (Lipinski definition) is 2. The molecule has 0 aromatic heterocycles. The summed E-state index contributed by atoms with van der Waals surface area (Å²) >= 11 is 0. The number of rotatable bonds is 3.